The van der Waals surface area contributed by atoms with Gasteiger partial charge in [0.25, 0.3) is 0 Å². The average molecular weight is 652 g/mol. The molecule has 2 nitrogen and oxygen atoms in total. The van der Waals surface area contributed by atoms with E-state index in [4.69, 9.17) is 4.42 Å². The lowest BCUT2D eigenvalue weighted by molar-refractivity contribution is 0.666. The van der Waals surface area contributed by atoms with Crippen LogP contribution in [0.25, 0.3) is 44.2 Å². The van der Waals surface area contributed by atoms with Crippen LogP contribution in [-0.4, -0.2) is 0 Å². The molecule has 0 atom stereocenters. The molecule has 0 saturated carbocycles. The Kier molecular flexibility index (Phi) is 6.75. The topological polar surface area (TPSA) is 16.4 Å². The van der Waals surface area contributed by atoms with Crippen LogP contribution < -0.4 is 4.90 Å². The molecular weight excluding hydrogens is 619 g/mol. The first-order valence-electron chi connectivity index (χ1n) is 17.5. The number of benzene rings is 8. The Hall–Kier alpha value is -6.64. The summed E-state index contributed by atoms with van der Waals surface area (Å²) in [5.74, 6) is 0. The van der Waals surface area contributed by atoms with Gasteiger partial charge in [-0.05, 0) is 93.0 Å². The first-order valence-corrected chi connectivity index (χ1v) is 17.5. The first-order chi connectivity index (χ1) is 25.3. The van der Waals surface area contributed by atoms with Crippen LogP contribution in [0.15, 0.2) is 205 Å². The molecule has 240 valence electrons. The summed E-state index contributed by atoms with van der Waals surface area (Å²) < 4.78 is 6.85. The van der Waals surface area contributed by atoms with Crippen LogP contribution in [-0.2, 0) is 5.41 Å². The van der Waals surface area contributed by atoms with E-state index in [2.05, 4.69) is 205 Å². The van der Waals surface area contributed by atoms with Gasteiger partial charge in [0.2, 0.25) is 0 Å². The number of para-hydroxylation sites is 1. The maximum atomic E-state index is 6.85. The van der Waals surface area contributed by atoms with Gasteiger partial charge in [-0.1, -0.05) is 146 Å². The normalized spacial score (nSPS) is 12.9. The third-order valence-corrected chi connectivity index (χ3v) is 10.5. The van der Waals surface area contributed by atoms with E-state index in [0.29, 0.717) is 0 Å². The highest BCUT2D eigenvalue weighted by atomic mass is 16.3. The molecule has 8 aromatic carbocycles. The Morgan fingerprint density at radius 1 is 0.353 bits per heavy atom. The molecule has 0 fully saturated rings. The Bertz CT molecular complexity index is 2620. The lowest BCUT2D eigenvalue weighted by Gasteiger charge is -2.33. The van der Waals surface area contributed by atoms with Crippen molar-refractivity contribution in [3.05, 3.63) is 222 Å². The first kappa shape index (κ1) is 29.3. The highest BCUT2D eigenvalue weighted by molar-refractivity contribution is 6.09. The Labute approximate surface area is 297 Å². The van der Waals surface area contributed by atoms with Crippen LogP contribution in [0.5, 0.6) is 0 Å². The van der Waals surface area contributed by atoms with Gasteiger partial charge in [-0.15, -0.1) is 0 Å². The van der Waals surface area contributed by atoms with E-state index in [1.165, 1.54) is 44.5 Å². The van der Waals surface area contributed by atoms with Crippen LogP contribution in [0.4, 0.5) is 17.1 Å². The van der Waals surface area contributed by atoms with Gasteiger partial charge >= 0.3 is 0 Å². The smallest absolute Gasteiger partial charge is 0.137 e. The van der Waals surface area contributed by atoms with Crippen molar-refractivity contribution >= 4 is 39.0 Å². The van der Waals surface area contributed by atoms with Crippen LogP contribution in [0.2, 0.25) is 0 Å². The molecule has 1 aliphatic rings. The summed E-state index contributed by atoms with van der Waals surface area (Å²) in [6.07, 6.45) is 0. The molecule has 9 aromatic rings. The van der Waals surface area contributed by atoms with E-state index in [1.54, 1.807) is 0 Å². The van der Waals surface area contributed by atoms with Crippen molar-refractivity contribution in [2.24, 2.45) is 0 Å². The van der Waals surface area contributed by atoms with E-state index in [1.807, 2.05) is 0 Å². The predicted molar refractivity (Wildman–Crippen MR) is 211 cm³/mol. The molecule has 0 saturated heterocycles. The summed E-state index contributed by atoms with van der Waals surface area (Å²) in [7, 11) is 0. The maximum absolute atomic E-state index is 6.85. The van der Waals surface area contributed by atoms with Crippen molar-refractivity contribution in [3.8, 4) is 22.3 Å². The third kappa shape index (κ3) is 4.57. The molecule has 0 spiro atoms. The number of rotatable bonds is 6. The molecular formula is C49H33NO. The molecule has 1 aromatic heterocycles. The second-order valence-corrected chi connectivity index (χ2v) is 13.3. The van der Waals surface area contributed by atoms with Crippen molar-refractivity contribution in [3.63, 3.8) is 0 Å². The third-order valence-electron chi connectivity index (χ3n) is 10.5. The Morgan fingerprint density at radius 2 is 0.882 bits per heavy atom. The van der Waals surface area contributed by atoms with Gasteiger partial charge < -0.3 is 9.32 Å². The summed E-state index contributed by atoms with van der Waals surface area (Å²) in [5, 5.41) is 2.24. The fourth-order valence-electron chi connectivity index (χ4n) is 8.30. The SMILES string of the molecule is c1ccc(-c2ccc(N(c3ccccc3)c3ccc4c(c3)oc3cc5c(cc34)-c3ccccc3C5(c3ccccc3)c3ccccc3)cc2)cc1. The van der Waals surface area contributed by atoms with Gasteiger partial charge in [0.05, 0.1) is 5.41 Å². The number of nitrogens with zero attached hydrogens (tertiary/aromatic N) is 1. The van der Waals surface area contributed by atoms with Crippen molar-refractivity contribution in [1.82, 2.24) is 0 Å². The maximum Gasteiger partial charge on any atom is 0.137 e. The molecule has 0 bridgehead atoms. The molecule has 2 heteroatoms. The lowest BCUT2D eigenvalue weighted by Crippen LogP contribution is -2.28. The zero-order valence-corrected chi connectivity index (χ0v) is 27.9. The van der Waals surface area contributed by atoms with E-state index in [9.17, 15) is 0 Å². The number of hydrogen-bond acceptors (Lipinski definition) is 2. The van der Waals surface area contributed by atoms with Crippen molar-refractivity contribution in [2.45, 2.75) is 5.41 Å². The molecule has 1 aliphatic carbocycles. The predicted octanol–water partition coefficient (Wildman–Crippen LogP) is 13.1. The van der Waals surface area contributed by atoms with Gasteiger partial charge in [-0.3, -0.25) is 0 Å². The van der Waals surface area contributed by atoms with Gasteiger partial charge in [-0.2, -0.15) is 0 Å². The summed E-state index contributed by atoms with van der Waals surface area (Å²) in [6.45, 7) is 0. The summed E-state index contributed by atoms with van der Waals surface area (Å²) in [6, 6.07) is 71.9. The zero-order chi connectivity index (χ0) is 33.8. The highest BCUT2D eigenvalue weighted by Gasteiger charge is 2.46. The zero-order valence-electron chi connectivity index (χ0n) is 27.9. The van der Waals surface area contributed by atoms with Gasteiger partial charge in [0.1, 0.15) is 11.2 Å². The minimum atomic E-state index is -0.469. The molecule has 0 unspecified atom stereocenters. The fraction of sp³-hybridized carbons (Fsp3) is 0.0204. The number of furan rings is 1. The van der Waals surface area contributed by atoms with Gasteiger partial charge in [0, 0.05) is 33.9 Å². The van der Waals surface area contributed by atoms with Crippen molar-refractivity contribution in [1.29, 1.82) is 0 Å². The van der Waals surface area contributed by atoms with E-state index < -0.39 is 5.41 Å². The molecule has 51 heavy (non-hydrogen) atoms. The molecule has 0 N–H and O–H groups in total. The summed E-state index contributed by atoms with van der Waals surface area (Å²) >= 11 is 0. The second kappa shape index (κ2) is 11.8. The van der Waals surface area contributed by atoms with E-state index in [0.717, 1.165) is 39.0 Å². The minimum Gasteiger partial charge on any atom is -0.456 e. The van der Waals surface area contributed by atoms with Crippen LogP contribution in [0.1, 0.15) is 22.3 Å². The Balaban J connectivity index is 1.16. The molecule has 0 radical (unpaired) electrons. The summed E-state index contributed by atoms with van der Waals surface area (Å²) in [5.41, 5.74) is 14.5. The fourth-order valence-corrected chi connectivity index (χ4v) is 8.30. The van der Waals surface area contributed by atoms with Gasteiger partial charge in [0.15, 0.2) is 0 Å². The molecule has 1 heterocycles. The molecule has 10 rings (SSSR count). The monoisotopic (exact) mass is 651 g/mol. The van der Waals surface area contributed by atoms with Crippen molar-refractivity contribution in [2.75, 3.05) is 4.90 Å². The number of hydrogen-bond donors (Lipinski definition) is 0. The van der Waals surface area contributed by atoms with Crippen LogP contribution >= 0.6 is 0 Å². The van der Waals surface area contributed by atoms with Gasteiger partial charge in [-0.25, -0.2) is 0 Å². The standard InChI is InChI=1S/C49H33NO/c1-5-15-34(16-6-1)35-25-27-39(28-26-35)50(38-21-11-4-12-22-38)40-29-30-42-44-32-43-41-23-13-14-24-45(41)49(36-17-7-2-8-18-36,37-19-9-3-10-20-37)46(43)33-48(44)51-47(42)31-40/h1-33H. The average Bonchev–Trinajstić information content (AvgIpc) is 3.71. The largest absolute Gasteiger partial charge is 0.456 e. The number of anilines is 3. The Morgan fingerprint density at radius 3 is 1.57 bits per heavy atom. The minimum absolute atomic E-state index is 0.469. The van der Waals surface area contributed by atoms with Crippen LogP contribution in [0.3, 0.4) is 0 Å². The number of fused-ring (bicyclic) bond motifs is 6. The van der Waals surface area contributed by atoms with E-state index >= 15 is 0 Å². The van der Waals surface area contributed by atoms with Crippen LogP contribution in [0, 0.1) is 0 Å². The van der Waals surface area contributed by atoms with Crippen molar-refractivity contribution < 1.29 is 4.42 Å². The molecule has 0 amide bonds. The highest BCUT2D eigenvalue weighted by Crippen LogP contribution is 2.57. The lowest BCUT2D eigenvalue weighted by atomic mass is 9.67. The summed E-state index contributed by atoms with van der Waals surface area (Å²) in [4.78, 5) is 2.30. The van der Waals surface area contributed by atoms with E-state index in [-0.39, 0.29) is 0 Å². The molecule has 0 aliphatic heterocycles. The quantitative estimate of drug-likeness (QED) is 0.178. The second-order valence-electron chi connectivity index (χ2n) is 13.3.